The molecule has 0 amide bonds. The molecule has 0 aliphatic rings. The molecule has 12 aromatic rings. The number of fused-ring (bicyclic) bond motifs is 6. The Morgan fingerprint density at radius 2 is 0.758 bits per heavy atom. The molecule has 9 aromatic carbocycles. The molecular weight excluding hydrogens is 757 g/mol. The van der Waals surface area contributed by atoms with Gasteiger partial charge in [0.15, 0.2) is 17.5 Å². The van der Waals surface area contributed by atoms with E-state index >= 15 is 0 Å². The summed E-state index contributed by atoms with van der Waals surface area (Å²) in [6, 6.07) is 76.5. The first-order valence-corrected chi connectivity index (χ1v) is 20.8. The maximum atomic E-state index is 6.56. The Kier molecular flexibility index (Phi) is 8.42. The van der Waals surface area contributed by atoms with Crippen molar-refractivity contribution in [3.63, 3.8) is 0 Å². The van der Waals surface area contributed by atoms with Crippen molar-refractivity contribution in [2.75, 3.05) is 0 Å². The molecule has 0 bridgehead atoms. The molecule has 5 nitrogen and oxygen atoms in total. The van der Waals surface area contributed by atoms with Crippen LogP contribution in [0.25, 0.3) is 117 Å². The number of aromatic nitrogens is 4. The zero-order valence-electron chi connectivity index (χ0n) is 33.5. The summed E-state index contributed by atoms with van der Waals surface area (Å²) in [7, 11) is 0. The molecule has 0 N–H and O–H groups in total. The minimum absolute atomic E-state index is 0.583. The van der Waals surface area contributed by atoms with Crippen LogP contribution >= 0.6 is 0 Å². The lowest BCUT2D eigenvalue weighted by atomic mass is 10.00. The summed E-state index contributed by atoms with van der Waals surface area (Å²) in [6.07, 6.45) is 0. The monoisotopic (exact) mass is 792 g/mol. The van der Waals surface area contributed by atoms with E-state index in [9.17, 15) is 0 Å². The van der Waals surface area contributed by atoms with E-state index in [-0.39, 0.29) is 0 Å². The summed E-state index contributed by atoms with van der Waals surface area (Å²) in [5.41, 5.74) is 14.7. The van der Waals surface area contributed by atoms with Crippen molar-refractivity contribution in [2.45, 2.75) is 0 Å². The van der Waals surface area contributed by atoms with Crippen molar-refractivity contribution < 1.29 is 4.42 Å². The molecule has 5 heteroatoms. The van der Waals surface area contributed by atoms with Crippen molar-refractivity contribution in [1.29, 1.82) is 0 Å². The molecule has 62 heavy (non-hydrogen) atoms. The van der Waals surface area contributed by atoms with E-state index in [1.54, 1.807) is 0 Å². The smallest absolute Gasteiger partial charge is 0.164 e. The molecule has 0 aliphatic heterocycles. The maximum Gasteiger partial charge on any atom is 0.164 e. The second-order valence-electron chi connectivity index (χ2n) is 15.6. The lowest BCUT2D eigenvalue weighted by molar-refractivity contribution is 0.669. The van der Waals surface area contributed by atoms with Crippen LogP contribution in [0, 0.1) is 0 Å². The number of rotatable bonds is 7. The van der Waals surface area contributed by atoms with Crippen LogP contribution < -0.4 is 0 Å². The fraction of sp³-hybridized carbons (Fsp3) is 0. The molecule has 0 fully saturated rings. The Bertz CT molecular complexity index is 3610. The first-order valence-electron chi connectivity index (χ1n) is 20.8. The topological polar surface area (TPSA) is 56.7 Å². The minimum atomic E-state index is 0.583. The highest BCUT2D eigenvalue weighted by Crippen LogP contribution is 2.39. The average molecular weight is 793 g/mol. The summed E-state index contributed by atoms with van der Waals surface area (Å²) in [5.74, 6) is 1.81. The predicted molar refractivity (Wildman–Crippen MR) is 254 cm³/mol. The summed E-state index contributed by atoms with van der Waals surface area (Å²) in [6.45, 7) is 0. The van der Waals surface area contributed by atoms with Crippen LogP contribution in [0.2, 0.25) is 0 Å². The molecular formula is C57H36N4O. The second-order valence-corrected chi connectivity index (χ2v) is 15.6. The van der Waals surface area contributed by atoms with E-state index in [1.807, 2.05) is 36.4 Å². The summed E-state index contributed by atoms with van der Waals surface area (Å²) >= 11 is 0. The van der Waals surface area contributed by atoms with Crippen molar-refractivity contribution in [2.24, 2.45) is 0 Å². The normalized spacial score (nSPS) is 11.5. The molecule has 0 atom stereocenters. The van der Waals surface area contributed by atoms with Gasteiger partial charge in [0.25, 0.3) is 0 Å². The third kappa shape index (κ3) is 6.23. The maximum absolute atomic E-state index is 6.56. The number of benzene rings is 9. The van der Waals surface area contributed by atoms with Crippen LogP contribution in [-0.4, -0.2) is 19.5 Å². The van der Waals surface area contributed by atoms with Crippen molar-refractivity contribution >= 4 is 43.7 Å². The average Bonchev–Trinajstić information content (AvgIpc) is 3.89. The van der Waals surface area contributed by atoms with Crippen LogP contribution in [0.4, 0.5) is 0 Å². The van der Waals surface area contributed by atoms with Gasteiger partial charge in [-0.2, -0.15) is 0 Å². The van der Waals surface area contributed by atoms with Crippen LogP contribution in [0.15, 0.2) is 223 Å². The van der Waals surface area contributed by atoms with Crippen molar-refractivity contribution in [3.05, 3.63) is 218 Å². The molecule has 0 saturated carbocycles. The Morgan fingerprint density at radius 3 is 1.47 bits per heavy atom. The fourth-order valence-electron chi connectivity index (χ4n) is 8.78. The van der Waals surface area contributed by atoms with Gasteiger partial charge in [0.2, 0.25) is 0 Å². The van der Waals surface area contributed by atoms with Gasteiger partial charge in [0.05, 0.1) is 11.0 Å². The van der Waals surface area contributed by atoms with Gasteiger partial charge in [-0.15, -0.1) is 0 Å². The van der Waals surface area contributed by atoms with E-state index in [4.69, 9.17) is 19.4 Å². The number of hydrogen-bond acceptors (Lipinski definition) is 4. The van der Waals surface area contributed by atoms with E-state index in [2.05, 4.69) is 187 Å². The molecule has 0 saturated heterocycles. The lowest BCUT2D eigenvalue weighted by Crippen LogP contribution is -2.00. The zero-order valence-corrected chi connectivity index (χ0v) is 33.5. The van der Waals surface area contributed by atoms with Crippen LogP contribution in [0.5, 0.6) is 0 Å². The van der Waals surface area contributed by atoms with Gasteiger partial charge in [-0.1, -0.05) is 158 Å². The van der Waals surface area contributed by atoms with Crippen LogP contribution in [0.1, 0.15) is 0 Å². The summed E-state index contributed by atoms with van der Waals surface area (Å²) in [4.78, 5) is 15.1. The van der Waals surface area contributed by atoms with E-state index in [1.165, 1.54) is 27.4 Å². The highest BCUT2D eigenvalue weighted by atomic mass is 16.3. The third-order valence-corrected chi connectivity index (χ3v) is 11.8. The highest BCUT2D eigenvalue weighted by molar-refractivity contribution is 6.12. The number of hydrogen-bond donors (Lipinski definition) is 0. The Morgan fingerprint density at radius 1 is 0.274 bits per heavy atom. The van der Waals surface area contributed by atoms with Crippen LogP contribution in [0.3, 0.4) is 0 Å². The third-order valence-electron chi connectivity index (χ3n) is 11.8. The van der Waals surface area contributed by atoms with Crippen molar-refractivity contribution in [3.8, 4) is 73.2 Å². The molecule has 3 heterocycles. The van der Waals surface area contributed by atoms with Crippen molar-refractivity contribution in [1.82, 2.24) is 19.5 Å². The molecule has 0 radical (unpaired) electrons. The Balaban J connectivity index is 0.953. The van der Waals surface area contributed by atoms with Gasteiger partial charge in [0, 0.05) is 43.9 Å². The first-order chi connectivity index (χ1) is 30.7. The first kappa shape index (κ1) is 35.5. The fourth-order valence-corrected chi connectivity index (χ4v) is 8.78. The van der Waals surface area contributed by atoms with E-state index in [0.29, 0.717) is 17.5 Å². The largest absolute Gasteiger partial charge is 0.456 e. The molecule has 0 aliphatic carbocycles. The number of para-hydroxylation sites is 1. The Labute approximate surface area is 357 Å². The van der Waals surface area contributed by atoms with Gasteiger partial charge in [-0.05, 0) is 94.0 Å². The Hall–Kier alpha value is -8.41. The van der Waals surface area contributed by atoms with E-state index < -0.39 is 0 Å². The second kappa shape index (κ2) is 14.7. The van der Waals surface area contributed by atoms with Gasteiger partial charge < -0.3 is 8.98 Å². The minimum Gasteiger partial charge on any atom is -0.456 e. The predicted octanol–water partition coefficient (Wildman–Crippen LogP) is 14.9. The zero-order chi connectivity index (χ0) is 41.0. The van der Waals surface area contributed by atoms with Gasteiger partial charge >= 0.3 is 0 Å². The van der Waals surface area contributed by atoms with Gasteiger partial charge in [-0.25, -0.2) is 15.0 Å². The standard InChI is InChI=1S/C57H36N4O/c1-5-14-37(15-6-1)40-20-13-21-44(32-40)56-58-55(39-18-9-3-10-19-39)59-57(60-56)45-25-29-48-50-34-42(27-31-53(50)62-54(48)36-45)43-24-28-47-49-33-41(38-16-7-2-8-17-38)26-30-51(49)61(52(47)35-43)46-22-11-4-12-23-46/h1-36H. The van der Waals surface area contributed by atoms with E-state index in [0.717, 1.165) is 72.1 Å². The van der Waals surface area contributed by atoms with Gasteiger partial charge in [-0.3, -0.25) is 0 Å². The summed E-state index contributed by atoms with van der Waals surface area (Å²) in [5, 5.41) is 4.53. The SMILES string of the molecule is c1ccc(-c2cccc(-c3nc(-c4ccccc4)nc(-c4ccc5c(c4)oc4ccc(-c6ccc7c8cc(-c9ccccc9)ccc8n(-c8ccccc8)c7c6)cc45)n3)c2)cc1. The quantitative estimate of drug-likeness (QED) is 0.161. The molecule has 0 unspecified atom stereocenters. The van der Waals surface area contributed by atoms with Crippen LogP contribution in [-0.2, 0) is 0 Å². The lowest BCUT2D eigenvalue weighted by Gasteiger charge is -2.10. The molecule has 12 rings (SSSR count). The van der Waals surface area contributed by atoms with Gasteiger partial charge in [0.1, 0.15) is 11.2 Å². The highest BCUT2D eigenvalue weighted by Gasteiger charge is 2.18. The molecule has 3 aromatic heterocycles. The summed E-state index contributed by atoms with van der Waals surface area (Å²) < 4.78 is 8.94. The number of furan rings is 1. The molecule has 0 spiro atoms. The molecule has 290 valence electrons. The number of nitrogens with zero attached hydrogens (tertiary/aromatic N) is 4.